The SMILES string of the molecule is O=C(Nc1ccc(Oc2ccnc3[nH]nc(-c4ccc(C(=O)N5CCOCC5)cc4)c23)c(F)c1)c1ccnn(-c2ccc(F)cc2)c1=O. The van der Waals surface area contributed by atoms with Gasteiger partial charge in [0.2, 0.25) is 0 Å². The third-order valence-electron chi connectivity index (χ3n) is 7.70. The second-order valence-corrected chi connectivity index (χ2v) is 10.7. The van der Waals surface area contributed by atoms with Crippen LogP contribution < -0.4 is 15.6 Å². The van der Waals surface area contributed by atoms with Crippen LogP contribution in [-0.4, -0.2) is 68.0 Å². The van der Waals surface area contributed by atoms with Crippen molar-refractivity contribution >= 4 is 28.5 Å². The topological polar surface area (TPSA) is 144 Å². The molecule has 1 aliphatic heterocycles. The van der Waals surface area contributed by atoms with Crippen molar-refractivity contribution in [3.63, 3.8) is 0 Å². The molecule has 2 amide bonds. The van der Waals surface area contributed by atoms with Crippen LogP contribution in [0.25, 0.3) is 28.0 Å². The predicted molar refractivity (Wildman–Crippen MR) is 170 cm³/mol. The lowest BCUT2D eigenvalue weighted by molar-refractivity contribution is 0.0303. The highest BCUT2D eigenvalue weighted by molar-refractivity contribution is 6.04. The molecule has 7 rings (SSSR count). The average Bonchev–Trinajstić information content (AvgIpc) is 3.55. The number of amides is 2. The van der Waals surface area contributed by atoms with Gasteiger partial charge >= 0.3 is 0 Å². The van der Waals surface area contributed by atoms with Crippen LogP contribution in [0.3, 0.4) is 0 Å². The number of halogens is 2. The summed E-state index contributed by atoms with van der Waals surface area (Å²) >= 11 is 0. The van der Waals surface area contributed by atoms with E-state index < -0.39 is 23.1 Å². The first-order valence-corrected chi connectivity index (χ1v) is 14.8. The summed E-state index contributed by atoms with van der Waals surface area (Å²) in [6, 6.07) is 18.7. The van der Waals surface area contributed by atoms with Gasteiger partial charge in [-0.1, -0.05) is 12.1 Å². The van der Waals surface area contributed by atoms with Crippen LogP contribution in [0.2, 0.25) is 0 Å². The summed E-state index contributed by atoms with van der Waals surface area (Å²) < 4.78 is 40.9. The first-order chi connectivity index (χ1) is 23.4. The maximum absolute atomic E-state index is 15.3. The van der Waals surface area contributed by atoms with Crippen LogP contribution in [0.1, 0.15) is 20.7 Å². The third-order valence-corrected chi connectivity index (χ3v) is 7.70. The molecule has 6 aromatic rings. The number of aromatic amines is 1. The minimum Gasteiger partial charge on any atom is -0.453 e. The molecule has 48 heavy (non-hydrogen) atoms. The predicted octanol–water partition coefficient (Wildman–Crippen LogP) is 4.97. The molecule has 0 radical (unpaired) electrons. The molecular weight excluding hydrogens is 624 g/mol. The number of morpholine rings is 1. The van der Waals surface area contributed by atoms with Crippen LogP contribution >= 0.6 is 0 Å². The molecule has 0 aliphatic carbocycles. The Labute approximate surface area is 270 Å². The largest absolute Gasteiger partial charge is 0.453 e. The second-order valence-electron chi connectivity index (χ2n) is 10.7. The lowest BCUT2D eigenvalue weighted by Gasteiger charge is -2.26. The fraction of sp³-hybridized carbons (Fsp3) is 0.118. The van der Waals surface area contributed by atoms with Crippen LogP contribution in [-0.2, 0) is 4.74 Å². The molecule has 0 atom stereocenters. The van der Waals surface area contributed by atoms with E-state index in [1.165, 1.54) is 54.9 Å². The number of aromatic nitrogens is 5. The lowest BCUT2D eigenvalue weighted by atomic mass is 10.1. The van der Waals surface area contributed by atoms with E-state index in [2.05, 4.69) is 25.6 Å². The maximum atomic E-state index is 15.3. The van der Waals surface area contributed by atoms with Crippen LogP contribution in [0.15, 0.2) is 96.1 Å². The summed E-state index contributed by atoms with van der Waals surface area (Å²) in [6.07, 6.45) is 2.75. The number of H-pyrrole nitrogens is 1. The van der Waals surface area contributed by atoms with Gasteiger partial charge in [0.05, 0.1) is 24.3 Å². The van der Waals surface area contributed by atoms with Gasteiger partial charge in [0.25, 0.3) is 17.4 Å². The van der Waals surface area contributed by atoms with Crippen LogP contribution in [0, 0.1) is 11.6 Å². The number of anilines is 1. The lowest BCUT2D eigenvalue weighted by Crippen LogP contribution is -2.40. The van der Waals surface area contributed by atoms with Gasteiger partial charge in [-0.3, -0.25) is 19.5 Å². The number of benzene rings is 3. The quantitative estimate of drug-likeness (QED) is 0.247. The summed E-state index contributed by atoms with van der Waals surface area (Å²) in [6.45, 7) is 2.08. The second kappa shape index (κ2) is 12.8. The van der Waals surface area contributed by atoms with E-state index in [1.807, 2.05) is 0 Å². The molecule has 12 nitrogen and oxygen atoms in total. The number of hydrogen-bond acceptors (Lipinski definition) is 8. The Bertz CT molecular complexity index is 2210. The summed E-state index contributed by atoms with van der Waals surface area (Å²) in [5.41, 5.74) is 1.47. The Kier molecular flexibility index (Phi) is 8.13. The van der Waals surface area contributed by atoms with Gasteiger partial charge in [0.1, 0.15) is 22.8 Å². The molecule has 1 aliphatic rings. The normalized spacial score (nSPS) is 13.0. The number of nitrogens with one attached hydrogen (secondary N) is 2. The molecule has 3 aromatic carbocycles. The molecule has 0 saturated carbocycles. The average molecular weight is 650 g/mol. The van der Waals surface area contributed by atoms with E-state index in [4.69, 9.17) is 9.47 Å². The van der Waals surface area contributed by atoms with Gasteiger partial charge in [-0.15, -0.1) is 0 Å². The van der Waals surface area contributed by atoms with Crippen molar-refractivity contribution in [3.05, 3.63) is 124 Å². The van der Waals surface area contributed by atoms with Crippen molar-refractivity contribution in [1.82, 2.24) is 29.9 Å². The molecule has 3 aromatic heterocycles. The highest BCUT2D eigenvalue weighted by Gasteiger charge is 2.21. The minimum absolute atomic E-state index is 0.0741. The minimum atomic E-state index is -0.789. The monoisotopic (exact) mass is 649 g/mol. The molecule has 1 fully saturated rings. The zero-order chi connectivity index (χ0) is 33.2. The summed E-state index contributed by atoms with van der Waals surface area (Å²) in [4.78, 5) is 44.9. The third kappa shape index (κ3) is 5.99. The summed E-state index contributed by atoms with van der Waals surface area (Å²) in [5, 5.41) is 14.2. The summed E-state index contributed by atoms with van der Waals surface area (Å²) in [7, 11) is 0. The number of ether oxygens (including phenoxy) is 2. The van der Waals surface area contributed by atoms with Crippen molar-refractivity contribution in [3.8, 4) is 28.4 Å². The van der Waals surface area contributed by atoms with Gasteiger partial charge in [0, 0.05) is 48.4 Å². The first-order valence-electron chi connectivity index (χ1n) is 14.8. The molecule has 0 bridgehead atoms. The van der Waals surface area contributed by atoms with E-state index in [0.717, 1.165) is 10.7 Å². The summed E-state index contributed by atoms with van der Waals surface area (Å²) in [5.74, 6) is -2.01. The molecule has 14 heteroatoms. The highest BCUT2D eigenvalue weighted by Crippen LogP contribution is 2.36. The smallest absolute Gasteiger partial charge is 0.284 e. The Hall–Kier alpha value is -6.28. The number of carbonyl (C=O) groups is 2. The van der Waals surface area contributed by atoms with Crippen molar-refractivity contribution in [2.75, 3.05) is 31.6 Å². The number of nitrogens with zero attached hydrogens (tertiary/aromatic N) is 5. The molecular formula is C34H25F2N7O5. The van der Waals surface area contributed by atoms with Crippen molar-refractivity contribution in [2.24, 2.45) is 0 Å². The van der Waals surface area contributed by atoms with Gasteiger partial charge in [0.15, 0.2) is 17.2 Å². The van der Waals surface area contributed by atoms with Gasteiger partial charge < -0.3 is 19.7 Å². The molecule has 0 unspecified atom stereocenters. The zero-order valence-electron chi connectivity index (χ0n) is 25.0. The molecule has 240 valence electrons. The van der Waals surface area contributed by atoms with Crippen LogP contribution in [0.4, 0.5) is 14.5 Å². The Balaban J connectivity index is 1.10. The zero-order valence-corrected chi connectivity index (χ0v) is 25.0. The Morgan fingerprint density at radius 3 is 2.42 bits per heavy atom. The van der Waals surface area contributed by atoms with E-state index in [-0.39, 0.29) is 34.3 Å². The number of fused-ring (bicyclic) bond motifs is 1. The Morgan fingerprint density at radius 2 is 1.67 bits per heavy atom. The fourth-order valence-corrected chi connectivity index (χ4v) is 5.27. The molecule has 2 N–H and O–H groups in total. The van der Waals surface area contributed by atoms with Gasteiger partial charge in [-0.05, 0) is 60.7 Å². The molecule has 0 spiro atoms. The van der Waals surface area contributed by atoms with Gasteiger partial charge in [-0.25, -0.2) is 13.8 Å². The molecule has 1 saturated heterocycles. The molecule has 4 heterocycles. The van der Waals surface area contributed by atoms with Crippen LogP contribution in [0.5, 0.6) is 11.5 Å². The first kappa shape index (κ1) is 30.4. The standard InChI is InChI=1S/C34H25F2N7O5/c35-22-5-8-24(9-6-22)43-34(46)25(11-14-38-43)32(44)39-23-7-10-27(26(36)19-23)48-28-12-13-37-31-29(28)30(40-41-31)20-1-3-21(4-2-20)33(45)42-15-17-47-18-16-42/h1-14,19H,15-18H2,(H,39,44)(H,37,40,41). The number of hydrogen-bond donors (Lipinski definition) is 2. The fourth-order valence-electron chi connectivity index (χ4n) is 5.27. The van der Waals surface area contributed by atoms with E-state index in [1.54, 1.807) is 35.2 Å². The van der Waals surface area contributed by atoms with E-state index in [0.29, 0.717) is 54.2 Å². The van der Waals surface area contributed by atoms with Crippen molar-refractivity contribution < 1.29 is 27.8 Å². The number of pyridine rings is 1. The van der Waals surface area contributed by atoms with E-state index >= 15 is 4.39 Å². The maximum Gasteiger partial charge on any atom is 0.284 e. The Morgan fingerprint density at radius 1 is 0.896 bits per heavy atom. The van der Waals surface area contributed by atoms with Crippen molar-refractivity contribution in [2.45, 2.75) is 0 Å². The number of carbonyl (C=O) groups excluding carboxylic acids is 2. The van der Waals surface area contributed by atoms with Crippen molar-refractivity contribution in [1.29, 1.82) is 0 Å². The number of rotatable bonds is 7. The highest BCUT2D eigenvalue weighted by atomic mass is 19.1. The van der Waals surface area contributed by atoms with Gasteiger partial charge in [-0.2, -0.15) is 14.9 Å². The van der Waals surface area contributed by atoms with E-state index in [9.17, 15) is 18.8 Å².